The Morgan fingerprint density at radius 3 is 2.48 bits per heavy atom. The summed E-state index contributed by atoms with van der Waals surface area (Å²) in [5.74, 6) is -4.32. The van der Waals surface area contributed by atoms with Gasteiger partial charge in [-0.3, -0.25) is 0 Å². The Balaban J connectivity index is 2.49. The lowest BCUT2D eigenvalue weighted by Crippen LogP contribution is -2.33. The summed E-state index contributed by atoms with van der Waals surface area (Å²) in [6, 6.07) is 1.12. The zero-order valence-corrected chi connectivity index (χ0v) is 12.2. The predicted octanol–water partition coefficient (Wildman–Crippen LogP) is 2.08. The molecule has 0 unspecified atom stereocenters. The van der Waals surface area contributed by atoms with Crippen LogP contribution in [-0.2, 0) is 10.0 Å². The highest BCUT2D eigenvalue weighted by Crippen LogP contribution is 2.32. The molecule has 1 saturated carbocycles. The van der Waals surface area contributed by atoms with Gasteiger partial charge in [-0.1, -0.05) is 6.92 Å². The number of carboxylic acid groups (broad SMARTS) is 1. The van der Waals surface area contributed by atoms with Gasteiger partial charge in [0.05, 0.1) is 5.56 Å². The van der Waals surface area contributed by atoms with E-state index in [1.807, 2.05) is 0 Å². The van der Waals surface area contributed by atoms with Gasteiger partial charge in [0.1, 0.15) is 4.90 Å². The molecular weight excluding hydrogens is 304 g/mol. The lowest BCUT2D eigenvalue weighted by molar-refractivity contribution is 0.0696. The van der Waals surface area contributed by atoms with Gasteiger partial charge in [0.25, 0.3) is 0 Å². The molecule has 1 aliphatic carbocycles. The first kappa shape index (κ1) is 15.8. The second-order valence-corrected chi connectivity index (χ2v) is 6.88. The molecule has 1 N–H and O–H groups in total. The Morgan fingerprint density at radius 2 is 2.00 bits per heavy atom. The maximum atomic E-state index is 13.8. The molecule has 0 bridgehead atoms. The number of benzene rings is 1. The quantitative estimate of drug-likeness (QED) is 0.871. The van der Waals surface area contributed by atoms with Gasteiger partial charge < -0.3 is 5.11 Å². The van der Waals surface area contributed by atoms with E-state index in [0.29, 0.717) is 12.1 Å². The first-order valence-electron chi connectivity index (χ1n) is 6.49. The van der Waals surface area contributed by atoms with Gasteiger partial charge in [-0.25, -0.2) is 22.0 Å². The van der Waals surface area contributed by atoms with Crippen molar-refractivity contribution in [3.8, 4) is 0 Å². The van der Waals surface area contributed by atoms with Crippen LogP contribution in [-0.4, -0.2) is 36.9 Å². The number of aromatic carboxylic acids is 1. The van der Waals surface area contributed by atoms with Crippen LogP contribution >= 0.6 is 0 Å². The summed E-state index contributed by atoms with van der Waals surface area (Å²) < 4.78 is 53.1. The number of carboxylic acids is 1. The molecule has 0 atom stereocenters. The fourth-order valence-corrected chi connectivity index (χ4v) is 3.62. The Labute approximate surface area is 121 Å². The smallest absolute Gasteiger partial charge is 0.335 e. The average Bonchev–Trinajstić information content (AvgIpc) is 3.22. The van der Waals surface area contributed by atoms with E-state index in [-0.39, 0.29) is 19.0 Å². The third kappa shape index (κ3) is 3.21. The van der Waals surface area contributed by atoms with E-state index in [0.717, 1.165) is 17.1 Å². The van der Waals surface area contributed by atoms with E-state index in [2.05, 4.69) is 0 Å². The molecular formula is C13H15F2NO4S. The molecule has 1 aromatic rings. The summed E-state index contributed by atoms with van der Waals surface area (Å²) in [6.45, 7) is 1.93. The summed E-state index contributed by atoms with van der Waals surface area (Å²) in [6.07, 6.45) is 1.80. The molecule has 1 aliphatic rings. The van der Waals surface area contributed by atoms with Gasteiger partial charge in [-0.15, -0.1) is 0 Å². The first-order valence-corrected chi connectivity index (χ1v) is 7.93. The van der Waals surface area contributed by atoms with Crippen LogP contribution in [0.15, 0.2) is 17.0 Å². The van der Waals surface area contributed by atoms with Crippen molar-refractivity contribution >= 4 is 16.0 Å². The highest BCUT2D eigenvalue weighted by atomic mass is 32.2. The molecule has 0 amide bonds. The minimum absolute atomic E-state index is 0.108. The number of carbonyl (C=O) groups is 1. The van der Waals surface area contributed by atoms with Crippen molar-refractivity contribution in [2.24, 2.45) is 5.92 Å². The molecule has 0 heterocycles. The van der Waals surface area contributed by atoms with Gasteiger partial charge in [-0.2, -0.15) is 4.31 Å². The van der Waals surface area contributed by atoms with E-state index in [9.17, 15) is 22.0 Å². The van der Waals surface area contributed by atoms with Crippen molar-refractivity contribution in [2.75, 3.05) is 13.1 Å². The van der Waals surface area contributed by atoms with Crippen molar-refractivity contribution < 1.29 is 27.1 Å². The number of nitrogens with zero attached hydrogens (tertiary/aromatic N) is 1. The maximum absolute atomic E-state index is 13.8. The number of sulfonamides is 1. The van der Waals surface area contributed by atoms with E-state index in [1.54, 1.807) is 6.92 Å². The lowest BCUT2D eigenvalue weighted by atomic mass is 10.2. The summed E-state index contributed by atoms with van der Waals surface area (Å²) >= 11 is 0. The molecule has 1 fully saturated rings. The molecule has 0 saturated heterocycles. The summed E-state index contributed by atoms with van der Waals surface area (Å²) in [7, 11) is -4.26. The van der Waals surface area contributed by atoms with Gasteiger partial charge in [0.15, 0.2) is 11.6 Å². The molecule has 21 heavy (non-hydrogen) atoms. The van der Waals surface area contributed by atoms with E-state index in [1.165, 1.54) is 0 Å². The Kier molecular flexibility index (Phi) is 4.29. The van der Waals surface area contributed by atoms with E-state index >= 15 is 0 Å². The third-order valence-electron chi connectivity index (χ3n) is 3.37. The Hall–Kier alpha value is -1.54. The van der Waals surface area contributed by atoms with Crippen LogP contribution in [0.2, 0.25) is 0 Å². The standard InChI is InChI=1S/C13H15F2NO4S/c1-2-16(7-8-3-4-8)21(19,20)11-6-9(13(17)18)5-10(14)12(11)15/h5-6,8H,2-4,7H2,1H3,(H,17,18). The van der Waals surface area contributed by atoms with Crippen molar-refractivity contribution in [1.82, 2.24) is 4.31 Å². The van der Waals surface area contributed by atoms with Gasteiger partial charge >= 0.3 is 5.97 Å². The average molecular weight is 319 g/mol. The van der Waals surface area contributed by atoms with Crippen LogP contribution in [0.1, 0.15) is 30.1 Å². The van der Waals surface area contributed by atoms with Gasteiger partial charge in [0, 0.05) is 13.1 Å². The summed E-state index contributed by atoms with van der Waals surface area (Å²) in [5, 5.41) is 8.84. The predicted molar refractivity (Wildman–Crippen MR) is 70.5 cm³/mol. The van der Waals surface area contributed by atoms with Crippen molar-refractivity contribution in [1.29, 1.82) is 0 Å². The monoisotopic (exact) mass is 319 g/mol. The highest BCUT2D eigenvalue weighted by molar-refractivity contribution is 7.89. The highest BCUT2D eigenvalue weighted by Gasteiger charge is 2.33. The second-order valence-electron chi connectivity index (χ2n) is 4.97. The molecule has 0 aliphatic heterocycles. The first-order chi connectivity index (χ1) is 9.77. The van der Waals surface area contributed by atoms with Crippen LogP contribution in [0.4, 0.5) is 8.78 Å². The zero-order chi connectivity index (χ0) is 15.8. The number of hydrogen-bond acceptors (Lipinski definition) is 3. The van der Waals surface area contributed by atoms with E-state index < -0.39 is 38.1 Å². The van der Waals surface area contributed by atoms with Crippen molar-refractivity contribution in [2.45, 2.75) is 24.7 Å². The van der Waals surface area contributed by atoms with Crippen LogP contribution in [0, 0.1) is 17.6 Å². The number of rotatable bonds is 6. The van der Waals surface area contributed by atoms with Crippen molar-refractivity contribution in [3.05, 3.63) is 29.3 Å². The SMILES string of the molecule is CCN(CC1CC1)S(=O)(=O)c1cc(C(=O)O)cc(F)c1F. The number of halogens is 2. The summed E-state index contributed by atoms with van der Waals surface area (Å²) in [5.41, 5.74) is -0.602. The molecule has 2 rings (SSSR count). The molecule has 5 nitrogen and oxygen atoms in total. The normalized spacial score (nSPS) is 15.4. The molecule has 116 valence electrons. The minimum atomic E-state index is -4.26. The molecule has 1 aromatic carbocycles. The molecule has 0 radical (unpaired) electrons. The van der Waals surface area contributed by atoms with Crippen LogP contribution in [0.3, 0.4) is 0 Å². The summed E-state index contributed by atoms with van der Waals surface area (Å²) in [4.78, 5) is 9.94. The zero-order valence-electron chi connectivity index (χ0n) is 11.3. The molecule has 0 aromatic heterocycles. The van der Waals surface area contributed by atoms with Crippen LogP contribution in [0.25, 0.3) is 0 Å². The van der Waals surface area contributed by atoms with Crippen LogP contribution in [0.5, 0.6) is 0 Å². The van der Waals surface area contributed by atoms with Crippen molar-refractivity contribution in [3.63, 3.8) is 0 Å². The Bertz CT molecular complexity index is 671. The van der Waals surface area contributed by atoms with Gasteiger partial charge in [0.2, 0.25) is 10.0 Å². The largest absolute Gasteiger partial charge is 0.478 e. The minimum Gasteiger partial charge on any atom is -0.478 e. The fraction of sp³-hybridized carbons (Fsp3) is 0.462. The van der Waals surface area contributed by atoms with Crippen LogP contribution < -0.4 is 0 Å². The fourth-order valence-electron chi connectivity index (χ4n) is 2.00. The van der Waals surface area contributed by atoms with Gasteiger partial charge in [-0.05, 0) is 30.9 Å². The maximum Gasteiger partial charge on any atom is 0.335 e. The third-order valence-corrected chi connectivity index (χ3v) is 5.31. The van der Waals surface area contributed by atoms with E-state index in [4.69, 9.17) is 5.11 Å². The topological polar surface area (TPSA) is 74.7 Å². The molecule has 8 heteroatoms. The number of hydrogen-bond donors (Lipinski definition) is 1. The molecule has 0 spiro atoms. The lowest BCUT2D eigenvalue weighted by Gasteiger charge is -2.21. The Morgan fingerprint density at radius 1 is 1.38 bits per heavy atom. The second kappa shape index (κ2) is 5.69.